The molecule has 1 rings (SSSR count). The molecule has 0 bridgehead atoms. The van der Waals surface area contributed by atoms with Gasteiger partial charge >= 0.3 is 59.9 Å². The number of hydrogen-bond acceptors (Lipinski definition) is 8. The van der Waals surface area contributed by atoms with E-state index in [9.17, 15) is 80.6 Å². The third kappa shape index (κ3) is 6.98. The predicted octanol–water partition coefficient (Wildman–Crippen LogP) is 5.04. The van der Waals surface area contributed by atoms with Crippen LogP contribution in [0.3, 0.4) is 0 Å². The van der Waals surface area contributed by atoms with Crippen molar-refractivity contribution in [3.8, 4) is 0 Å². The average Bonchev–Trinajstić information content (AvgIpc) is 2.82. The first-order valence-corrected chi connectivity index (χ1v) is 10.7. The minimum Gasteiger partial charge on any atom is -0.452 e. The van der Waals surface area contributed by atoms with Crippen molar-refractivity contribution in [2.24, 2.45) is 0 Å². The van der Waals surface area contributed by atoms with E-state index in [0.717, 1.165) is 6.92 Å². The van der Waals surface area contributed by atoms with E-state index in [1.165, 1.54) is 0 Å². The summed E-state index contributed by atoms with van der Waals surface area (Å²) in [5.74, 6) is -43.9. The van der Waals surface area contributed by atoms with E-state index in [2.05, 4.69) is 25.5 Å². The zero-order chi connectivity index (χ0) is 33.3. The number of ether oxygens (including phenoxy) is 4. The lowest BCUT2D eigenvalue weighted by molar-refractivity contribution is -0.365. The molecule has 0 amide bonds. The summed E-state index contributed by atoms with van der Waals surface area (Å²) in [4.78, 5) is 47.1. The summed E-state index contributed by atoms with van der Waals surface area (Å²) >= 11 is 0. The Hall–Kier alpha value is -3.36. The van der Waals surface area contributed by atoms with Gasteiger partial charge in [-0.1, -0.05) is 6.58 Å². The molecule has 0 N–H and O–H groups in total. The number of halogens is 14. The molecule has 0 aliphatic heterocycles. The second kappa shape index (κ2) is 11.7. The molecule has 0 aromatic rings. The fourth-order valence-electron chi connectivity index (χ4n) is 2.98. The topological polar surface area (TPSA) is 105 Å². The molecular weight excluding hydrogens is 634 g/mol. The minimum absolute atomic E-state index is 0.349. The third-order valence-electron chi connectivity index (χ3n) is 5.22. The van der Waals surface area contributed by atoms with Crippen LogP contribution in [0.5, 0.6) is 0 Å². The van der Waals surface area contributed by atoms with Gasteiger partial charge in [-0.3, -0.25) is 0 Å². The normalized spacial score (nSPS) is 18.5. The van der Waals surface area contributed by atoms with Crippen LogP contribution in [0, 0.1) is 0 Å². The minimum atomic E-state index is -7.28. The van der Waals surface area contributed by atoms with Crippen LogP contribution >= 0.6 is 0 Å². The molecule has 8 nitrogen and oxygen atoms in total. The van der Waals surface area contributed by atoms with Crippen LogP contribution in [-0.4, -0.2) is 78.4 Å². The van der Waals surface area contributed by atoms with Crippen molar-refractivity contribution in [1.82, 2.24) is 0 Å². The molecule has 42 heavy (non-hydrogen) atoms. The molecular formula is C20H16F14O8. The highest BCUT2D eigenvalue weighted by atomic mass is 19.4. The van der Waals surface area contributed by atoms with Gasteiger partial charge in [0.15, 0.2) is 12.7 Å². The Balaban J connectivity index is 3.61. The second-order valence-electron chi connectivity index (χ2n) is 8.46. The highest BCUT2D eigenvalue weighted by molar-refractivity contribution is 5.88. The third-order valence-corrected chi connectivity index (χ3v) is 5.22. The molecule has 1 aliphatic rings. The summed E-state index contributed by atoms with van der Waals surface area (Å²) in [5.41, 5.74) is -0.349. The van der Waals surface area contributed by atoms with Crippen molar-refractivity contribution in [3.05, 3.63) is 12.2 Å². The van der Waals surface area contributed by atoms with Gasteiger partial charge in [0.1, 0.15) is 0 Å². The van der Waals surface area contributed by atoms with Crippen molar-refractivity contribution in [2.75, 3.05) is 6.61 Å². The Morgan fingerprint density at radius 1 is 0.738 bits per heavy atom. The zero-order valence-corrected chi connectivity index (χ0v) is 20.4. The van der Waals surface area contributed by atoms with E-state index < -0.39 is 97.7 Å². The van der Waals surface area contributed by atoms with E-state index in [1.807, 2.05) is 0 Å². The Kier molecular flexibility index (Phi) is 10.2. The Bertz CT molecular complexity index is 1030. The molecule has 1 unspecified atom stereocenters. The standard InChI is InChI=1S/C20H16F14O8/c1-8(2)11(36)39-7-10(35)40-9-5-3-4-6-14(9,41-12(37)15(21,22)17(25,26)19(29,30)31)42-13(38)16(23,24)18(27,28)20(32,33)34/h9H,1,3-7H2,2H3. The largest absolute Gasteiger partial charge is 0.460 e. The molecule has 0 radical (unpaired) electrons. The zero-order valence-electron chi connectivity index (χ0n) is 20.4. The molecule has 0 saturated heterocycles. The van der Waals surface area contributed by atoms with Crippen LogP contribution < -0.4 is 0 Å². The smallest absolute Gasteiger partial charge is 0.452 e. The lowest BCUT2D eigenvalue weighted by Gasteiger charge is -2.42. The molecule has 0 aromatic carbocycles. The van der Waals surface area contributed by atoms with E-state index in [-0.39, 0.29) is 12.0 Å². The summed E-state index contributed by atoms with van der Waals surface area (Å²) in [6.45, 7) is 2.66. The van der Waals surface area contributed by atoms with Gasteiger partial charge in [0.25, 0.3) is 5.79 Å². The summed E-state index contributed by atoms with van der Waals surface area (Å²) in [7, 11) is 0. The lowest BCUT2D eigenvalue weighted by atomic mass is 9.90. The molecule has 22 heteroatoms. The molecule has 1 fully saturated rings. The van der Waals surface area contributed by atoms with Crippen molar-refractivity contribution >= 4 is 23.9 Å². The Morgan fingerprint density at radius 2 is 1.14 bits per heavy atom. The SMILES string of the molecule is C=C(C)C(=O)OCC(=O)OC1CCCCC1(OC(=O)C(F)(F)C(F)(F)C(F)(F)F)OC(=O)C(F)(F)C(F)(F)C(F)(F)F. The molecule has 1 aliphatic carbocycles. The van der Waals surface area contributed by atoms with E-state index in [0.29, 0.717) is 0 Å². The molecule has 1 saturated carbocycles. The molecule has 0 heterocycles. The molecule has 0 spiro atoms. The highest BCUT2D eigenvalue weighted by Crippen LogP contribution is 2.50. The number of carbonyl (C=O) groups excluding carboxylic acids is 4. The molecule has 1 atom stereocenters. The fourth-order valence-corrected chi connectivity index (χ4v) is 2.98. The van der Waals surface area contributed by atoms with Gasteiger partial charge in [-0.2, -0.15) is 61.5 Å². The Morgan fingerprint density at radius 3 is 1.50 bits per heavy atom. The summed E-state index contributed by atoms with van der Waals surface area (Å²) < 4.78 is 200. The summed E-state index contributed by atoms with van der Waals surface area (Å²) in [6, 6.07) is 0. The van der Waals surface area contributed by atoms with Gasteiger partial charge in [-0.15, -0.1) is 0 Å². The maximum Gasteiger partial charge on any atom is 0.460 e. The first-order chi connectivity index (χ1) is 18.6. The second-order valence-corrected chi connectivity index (χ2v) is 8.46. The van der Waals surface area contributed by atoms with E-state index >= 15 is 0 Å². The Labute approximate surface area is 223 Å². The van der Waals surface area contributed by atoms with Crippen LogP contribution in [0.2, 0.25) is 0 Å². The van der Waals surface area contributed by atoms with Crippen molar-refractivity contribution in [1.29, 1.82) is 0 Å². The summed E-state index contributed by atoms with van der Waals surface area (Å²) in [6.07, 6.45) is -20.9. The van der Waals surface area contributed by atoms with Gasteiger partial charge in [0.05, 0.1) is 0 Å². The number of alkyl halides is 14. The molecule has 242 valence electrons. The van der Waals surface area contributed by atoms with Crippen molar-refractivity contribution in [2.45, 2.75) is 80.5 Å². The average molecular weight is 650 g/mol. The monoisotopic (exact) mass is 650 g/mol. The first-order valence-electron chi connectivity index (χ1n) is 10.7. The van der Waals surface area contributed by atoms with E-state index in [4.69, 9.17) is 0 Å². The quantitative estimate of drug-likeness (QED) is 0.107. The number of hydrogen-bond donors (Lipinski definition) is 0. The van der Waals surface area contributed by atoms with Gasteiger partial charge < -0.3 is 18.9 Å². The van der Waals surface area contributed by atoms with Crippen LogP contribution in [0.25, 0.3) is 0 Å². The predicted molar refractivity (Wildman–Crippen MR) is 101 cm³/mol. The maximum absolute atomic E-state index is 13.9. The number of esters is 4. The molecule has 0 aromatic heterocycles. The van der Waals surface area contributed by atoms with Gasteiger partial charge in [0.2, 0.25) is 0 Å². The lowest BCUT2D eigenvalue weighted by Crippen LogP contribution is -2.63. The van der Waals surface area contributed by atoms with Gasteiger partial charge in [-0.05, 0) is 26.2 Å². The number of rotatable bonds is 10. The van der Waals surface area contributed by atoms with Gasteiger partial charge in [-0.25, -0.2) is 19.2 Å². The van der Waals surface area contributed by atoms with E-state index in [1.54, 1.807) is 0 Å². The highest BCUT2D eigenvalue weighted by Gasteiger charge is 2.80. The van der Waals surface area contributed by atoms with Crippen LogP contribution in [0.15, 0.2) is 12.2 Å². The van der Waals surface area contributed by atoms with Gasteiger partial charge in [0, 0.05) is 12.0 Å². The summed E-state index contributed by atoms with van der Waals surface area (Å²) in [5, 5.41) is 0. The van der Waals surface area contributed by atoms with Crippen molar-refractivity contribution < 1.29 is 99.6 Å². The number of carbonyl (C=O) groups is 4. The van der Waals surface area contributed by atoms with Crippen LogP contribution in [-0.2, 0) is 38.1 Å². The maximum atomic E-state index is 13.9. The fraction of sp³-hybridized carbons (Fsp3) is 0.700. The van der Waals surface area contributed by atoms with Crippen LogP contribution in [0.4, 0.5) is 61.5 Å². The first kappa shape index (κ1) is 36.7. The van der Waals surface area contributed by atoms with Crippen LogP contribution in [0.1, 0.15) is 32.6 Å². The van der Waals surface area contributed by atoms with Crippen molar-refractivity contribution in [3.63, 3.8) is 0 Å².